The molecule has 0 aliphatic heterocycles. The van der Waals surface area contributed by atoms with Crippen LogP contribution in [0.3, 0.4) is 0 Å². The lowest BCUT2D eigenvalue weighted by molar-refractivity contribution is -0.138. The number of rotatable bonds is 7. The third-order valence-corrected chi connectivity index (χ3v) is 3.12. The van der Waals surface area contributed by atoms with Gasteiger partial charge in [0.2, 0.25) is 0 Å². The van der Waals surface area contributed by atoms with Crippen molar-refractivity contribution >= 4 is 12.0 Å². The van der Waals surface area contributed by atoms with Crippen LogP contribution in [0, 0.1) is 11.3 Å². The molecule has 6 nitrogen and oxygen atoms in total. The average Bonchev–Trinajstić information content (AvgIpc) is 2.49. The maximum Gasteiger partial charge on any atom is 0.317 e. The van der Waals surface area contributed by atoms with Gasteiger partial charge >= 0.3 is 12.0 Å². The summed E-state index contributed by atoms with van der Waals surface area (Å²) in [7, 11) is 0. The molecule has 2 amide bonds. The zero-order valence-corrected chi connectivity index (χ0v) is 12.0. The fourth-order valence-electron chi connectivity index (χ4n) is 1.92. The SMILES string of the molecule is CCN(CCC#N)C(=O)NCC(C(=O)O)c1ccccc1. The van der Waals surface area contributed by atoms with E-state index in [1.54, 1.807) is 24.3 Å². The van der Waals surface area contributed by atoms with Crippen molar-refractivity contribution in [3.8, 4) is 6.07 Å². The van der Waals surface area contributed by atoms with Crippen LogP contribution < -0.4 is 5.32 Å². The minimum atomic E-state index is -0.985. The molecular weight excluding hydrogens is 270 g/mol. The van der Waals surface area contributed by atoms with Crippen molar-refractivity contribution in [2.45, 2.75) is 19.3 Å². The Bertz CT molecular complexity index is 511. The highest BCUT2D eigenvalue weighted by atomic mass is 16.4. The fraction of sp³-hybridized carbons (Fsp3) is 0.400. The largest absolute Gasteiger partial charge is 0.481 e. The minimum absolute atomic E-state index is 0.0151. The lowest BCUT2D eigenvalue weighted by atomic mass is 9.99. The Balaban J connectivity index is 2.63. The summed E-state index contributed by atoms with van der Waals surface area (Å²) >= 11 is 0. The first-order chi connectivity index (χ1) is 10.1. The van der Waals surface area contributed by atoms with Gasteiger partial charge in [0.05, 0.1) is 18.4 Å². The van der Waals surface area contributed by atoms with Gasteiger partial charge in [0.15, 0.2) is 0 Å². The maximum atomic E-state index is 12.0. The molecule has 0 aliphatic carbocycles. The highest BCUT2D eigenvalue weighted by Gasteiger charge is 2.21. The van der Waals surface area contributed by atoms with Crippen molar-refractivity contribution in [1.82, 2.24) is 10.2 Å². The van der Waals surface area contributed by atoms with Gasteiger partial charge in [-0.15, -0.1) is 0 Å². The fourth-order valence-corrected chi connectivity index (χ4v) is 1.92. The smallest absolute Gasteiger partial charge is 0.317 e. The van der Waals surface area contributed by atoms with Crippen LogP contribution in [0.1, 0.15) is 24.8 Å². The Labute approximate surface area is 124 Å². The normalized spacial score (nSPS) is 11.2. The molecule has 0 fully saturated rings. The molecule has 1 atom stereocenters. The molecule has 6 heteroatoms. The number of nitrogens with one attached hydrogen (secondary N) is 1. The van der Waals surface area contributed by atoms with Crippen LogP contribution in [-0.4, -0.2) is 41.6 Å². The van der Waals surface area contributed by atoms with Crippen LogP contribution in [0.2, 0.25) is 0 Å². The number of aliphatic carboxylic acids is 1. The van der Waals surface area contributed by atoms with E-state index in [1.807, 2.05) is 19.1 Å². The first-order valence-electron chi connectivity index (χ1n) is 6.77. The Morgan fingerprint density at radius 2 is 2.05 bits per heavy atom. The molecule has 2 N–H and O–H groups in total. The number of carbonyl (C=O) groups is 2. The standard InChI is InChI=1S/C15H19N3O3/c1-2-18(10-6-9-16)15(21)17-11-13(14(19)20)12-7-4-3-5-8-12/h3-5,7-8,13H,2,6,10-11H2,1H3,(H,17,21)(H,19,20). The zero-order chi connectivity index (χ0) is 15.7. The molecule has 0 aromatic heterocycles. The number of carboxylic acid groups (broad SMARTS) is 1. The minimum Gasteiger partial charge on any atom is -0.481 e. The molecule has 112 valence electrons. The Kier molecular flexibility index (Phi) is 6.75. The van der Waals surface area contributed by atoms with Gasteiger partial charge in [-0.3, -0.25) is 4.79 Å². The number of benzene rings is 1. The average molecular weight is 289 g/mol. The topological polar surface area (TPSA) is 93.4 Å². The van der Waals surface area contributed by atoms with Crippen LogP contribution in [0.5, 0.6) is 0 Å². The number of nitrogens with zero attached hydrogens (tertiary/aromatic N) is 2. The van der Waals surface area contributed by atoms with E-state index in [-0.39, 0.29) is 19.0 Å². The highest BCUT2D eigenvalue weighted by Crippen LogP contribution is 2.14. The Hall–Kier alpha value is -2.55. The third-order valence-electron chi connectivity index (χ3n) is 3.12. The van der Waals surface area contributed by atoms with Crippen molar-refractivity contribution in [1.29, 1.82) is 5.26 Å². The molecule has 0 heterocycles. The van der Waals surface area contributed by atoms with Crippen molar-refractivity contribution < 1.29 is 14.7 Å². The molecule has 0 saturated carbocycles. The molecule has 0 radical (unpaired) electrons. The quantitative estimate of drug-likeness (QED) is 0.800. The van der Waals surface area contributed by atoms with E-state index in [0.717, 1.165) is 0 Å². The maximum absolute atomic E-state index is 12.0. The van der Waals surface area contributed by atoms with Crippen molar-refractivity contribution in [2.24, 2.45) is 0 Å². The highest BCUT2D eigenvalue weighted by molar-refractivity contribution is 5.79. The summed E-state index contributed by atoms with van der Waals surface area (Å²) < 4.78 is 0. The molecule has 1 aromatic carbocycles. The van der Waals surface area contributed by atoms with Crippen LogP contribution in [-0.2, 0) is 4.79 Å². The van der Waals surface area contributed by atoms with Crippen molar-refractivity contribution in [3.63, 3.8) is 0 Å². The second-order valence-electron chi connectivity index (χ2n) is 4.48. The summed E-state index contributed by atoms with van der Waals surface area (Å²) in [6.45, 7) is 2.63. The second-order valence-corrected chi connectivity index (χ2v) is 4.48. The molecule has 0 saturated heterocycles. The van der Waals surface area contributed by atoms with Gasteiger partial charge in [0.25, 0.3) is 0 Å². The number of hydrogen-bond donors (Lipinski definition) is 2. The van der Waals surface area contributed by atoms with Gasteiger partial charge in [-0.05, 0) is 12.5 Å². The summed E-state index contributed by atoms with van der Waals surface area (Å²) in [5.74, 6) is -1.77. The Morgan fingerprint density at radius 1 is 1.38 bits per heavy atom. The van der Waals surface area contributed by atoms with Gasteiger partial charge in [0.1, 0.15) is 0 Å². The summed E-state index contributed by atoms with van der Waals surface area (Å²) in [6, 6.07) is 10.4. The molecule has 21 heavy (non-hydrogen) atoms. The monoisotopic (exact) mass is 289 g/mol. The molecule has 1 aromatic rings. The van der Waals surface area contributed by atoms with E-state index in [4.69, 9.17) is 5.26 Å². The number of hydrogen-bond acceptors (Lipinski definition) is 3. The number of carboxylic acids is 1. The zero-order valence-electron chi connectivity index (χ0n) is 12.0. The van der Waals surface area contributed by atoms with E-state index in [0.29, 0.717) is 18.7 Å². The van der Waals surface area contributed by atoms with Crippen molar-refractivity contribution in [2.75, 3.05) is 19.6 Å². The molecule has 1 rings (SSSR count). The summed E-state index contributed by atoms with van der Waals surface area (Å²) in [5.41, 5.74) is 0.644. The van der Waals surface area contributed by atoms with Gasteiger partial charge < -0.3 is 15.3 Å². The van der Waals surface area contributed by atoms with Crippen LogP contribution >= 0.6 is 0 Å². The third kappa shape index (κ3) is 5.15. The van der Waals surface area contributed by atoms with Crippen LogP contribution in [0.25, 0.3) is 0 Å². The number of nitriles is 1. The predicted molar refractivity (Wildman–Crippen MR) is 77.7 cm³/mol. The van der Waals surface area contributed by atoms with Gasteiger partial charge in [-0.25, -0.2) is 4.79 Å². The molecule has 0 aliphatic rings. The predicted octanol–water partition coefficient (Wildman–Crippen LogP) is 1.80. The molecule has 0 bridgehead atoms. The van der Waals surface area contributed by atoms with E-state index >= 15 is 0 Å². The number of carbonyl (C=O) groups excluding carboxylic acids is 1. The van der Waals surface area contributed by atoms with Crippen molar-refractivity contribution in [3.05, 3.63) is 35.9 Å². The van der Waals surface area contributed by atoms with E-state index in [1.165, 1.54) is 4.90 Å². The Morgan fingerprint density at radius 3 is 2.57 bits per heavy atom. The summed E-state index contributed by atoms with van der Waals surface area (Å²) in [5, 5.41) is 20.4. The van der Waals surface area contributed by atoms with E-state index < -0.39 is 11.9 Å². The lowest BCUT2D eigenvalue weighted by Gasteiger charge is -2.21. The summed E-state index contributed by atoms with van der Waals surface area (Å²) in [4.78, 5) is 24.7. The van der Waals surface area contributed by atoms with Crippen LogP contribution in [0.15, 0.2) is 30.3 Å². The van der Waals surface area contributed by atoms with E-state index in [2.05, 4.69) is 5.32 Å². The number of urea groups is 1. The molecule has 0 spiro atoms. The van der Waals surface area contributed by atoms with E-state index in [9.17, 15) is 14.7 Å². The van der Waals surface area contributed by atoms with Crippen LogP contribution in [0.4, 0.5) is 4.79 Å². The number of amides is 2. The van der Waals surface area contributed by atoms with Gasteiger partial charge in [-0.2, -0.15) is 5.26 Å². The summed E-state index contributed by atoms with van der Waals surface area (Å²) in [6.07, 6.45) is 0.252. The van der Waals surface area contributed by atoms with Gasteiger partial charge in [0, 0.05) is 19.6 Å². The second kappa shape index (κ2) is 8.59. The molecular formula is C15H19N3O3. The first-order valence-corrected chi connectivity index (χ1v) is 6.77. The lowest BCUT2D eigenvalue weighted by Crippen LogP contribution is -2.42. The van der Waals surface area contributed by atoms with Gasteiger partial charge in [-0.1, -0.05) is 30.3 Å². The molecule has 1 unspecified atom stereocenters. The first kappa shape index (κ1) is 16.5.